The molecule has 84 valence electrons. The molecule has 0 radical (unpaired) electrons. The molecule has 4 nitrogen and oxygen atoms in total. The number of aromatic nitrogens is 3. The number of nitrogens with zero attached hydrogens (tertiary/aromatic N) is 3. The molecule has 0 saturated carbocycles. The molecule has 1 aliphatic heterocycles. The van der Waals surface area contributed by atoms with Crippen molar-refractivity contribution in [2.24, 2.45) is 5.92 Å². The summed E-state index contributed by atoms with van der Waals surface area (Å²) in [7, 11) is 0. The maximum Gasteiger partial charge on any atom is 0.174 e. The van der Waals surface area contributed by atoms with Gasteiger partial charge in [0.15, 0.2) is 5.82 Å². The molecule has 1 unspecified atom stereocenters. The number of thiophene rings is 1. The molecule has 0 amide bonds. The predicted molar refractivity (Wildman–Crippen MR) is 62.2 cm³/mol. The van der Waals surface area contributed by atoms with Crippen molar-refractivity contribution in [1.29, 1.82) is 0 Å². The molecule has 0 spiro atoms. The molecule has 0 bridgehead atoms. The largest absolute Gasteiger partial charge is 0.396 e. The van der Waals surface area contributed by atoms with E-state index in [9.17, 15) is 5.11 Å². The zero-order valence-corrected chi connectivity index (χ0v) is 9.65. The summed E-state index contributed by atoms with van der Waals surface area (Å²) < 4.78 is 2.15. The summed E-state index contributed by atoms with van der Waals surface area (Å²) in [5.41, 5.74) is 0. The molecular weight excluding hydrogens is 222 g/mol. The molecule has 1 atom stereocenters. The second-order valence-electron chi connectivity index (χ2n) is 4.12. The van der Waals surface area contributed by atoms with E-state index in [0.29, 0.717) is 5.92 Å². The SMILES string of the molecule is OCC1CCc2nnc(-c3cccs3)n2C1. The lowest BCUT2D eigenvalue weighted by atomic mass is 10.0. The van der Waals surface area contributed by atoms with Gasteiger partial charge in [-0.05, 0) is 17.9 Å². The third kappa shape index (κ3) is 1.56. The van der Waals surface area contributed by atoms with Crippen LogP contribution in [0, 0.1) is 5.92 Å². The van der Waals surface area contributed by atoms with Gasteiger partial charge in [-0.1, -0.05) is 6.07 Å². The molecule has 16 heavy (non-hydrogen) atoms. The maximum absolute atomic E-state index is 9.22. The highest BCUT2D eigenvalue weighted by Gasteiger charge is 2.23. The molecule has 1 aliphatic rings. The Bertz CT molecular complexity index is 477. The molecule has 0 saturated heterocycles. The van der Waals surface area contributed by atoms with Gasteiger partial charge in [-0.3, -0.25) is 0 Å². The Hall–Kier alpha value is -1.20. The Morgan fingerprint density at radius 3 is 3.19 bits per heavy atom. The van der Waals surface area contributed by atoms with E-state index in [1.807, 2.05) is 11.4 Å². The summed E-state index contributed by atoms with van der Waals surface area (Å²) in [4.78, 5) is 1.15. The summed E-state index contributed by atoms with van der Waals surface area (Å²) in [5, 5.41) is 19.7. The van der Waals surface area contributed by atoms with Crippen LogP contribution in [0.1, 0.15) is 12.2 Å². The Morgan fingerprint density at radius 2 is 2.44 bits per heavy atom. The average Bonchev–Trinajstić information content (AvgIpc) is 2.96. The molecule has 0 fully saturated rings. The van der Waals surface area contributed by atoms with Crippen LogP contribution in [-0.2, 0) is 13.0 Å². The average molecular weight is 235 g/mol. The van der Waals surface area contributed by atoms with Crippen LogP contribution in [0.4, 0.5) is 0 Å². The van der Waals surface area contributed by atoms with Crippen LogP contribution < -0.4 is 0 Å². The number of fused-ring (bicyclic) bond motifs is 1. The van der Waals surface area contributed by atoms with Crippen molar-refractivity contribution in [2.75, 3.05) is 6.61 Å². The molecule has 0 aromatic carbocycles. The molecule has 0 aliphatic carbocycles. The van der Waals surface area contributed by atoms with E-state index in [0.717, 1.165) is 35.9 Å². The second-order valence-corrected chi connectivity index (χ2v) is 5.06. The Balaban J connectivity index is 2.00. The van der Waals surface area contributed by atoms with E-state index in [1.165, 1.54) is 0 Å². The van der Waals surface area contributed by atoms with E-state index >= 15 is 0 Å². The van der Waals surface area contributed by atoms with Crippen LogP contribution in [0.15, 0.2) is 17.5 Å². The minimum atomic E-state index is 0.251. The highest BCUT2D eigenvalue weighted by molar-refractivity contribution is 7.13. The van der Waals surface area contributed by atoms with Gasteiger partial charge in [-0.2, -0.15) is 0 Å². The fraction of sp³-hybridized carbons (Fsp3) is 0.455. The number of aliphatic hydroxyl groups is 1. The summed E-state index contributed by atoms with van der Waals surface area (Å²) >= 11 is 1.68. The molecule has 2 aromatic rings. The molecule has 3 rings (SSSR count). The number of rotatable bonds is 2. The smallest absolute Gasteiger partial charge is 0.174 e. The van der Waals surface area contributed by atoms with Crippen molar-refractivity contribution in [3.63, 3.8) is 0 Å². The standard InChI is InChI=1S/C11H13N3OS/c15-7-8-3-4-10-12-13-11(14(10)6-8)9-2-1-5-16-9/h1-2,5,8,15H,3-4,6-7H2. The van der Waals surface area contributed by atoms with Crippen molar-refractivity contribution in [3.8, 4) is 10.7 Å². The third-order valence-corrected chi connectivity index (χ3v) is 3.91. The first-order valence-corrected chi connectivity index (χ1v) is 6.33. The minimum Gasteiger partial charge on any atom is -0.396 e. The van der Waals surface area contributed by atoms with Gasteiger partial charge in [0.2, 0.25) is 0 Å². The van der Waals surface area contributed by atoms with Gasteiger partial charge >= 0.3 is 0 Å². The second kappa shape index (κ2) is 3.99. The highest BCUT2D eigenvalue weighted by Crippen LogP contribution is 2.27. The fourth-order valence-electron chi connectivity index (χ4n) is 2.13. The number of aryl methyl sites for hydroxylation is 1. The lowest BCUT2D eigenvalue weighted by molar-refractivity contribution is 0.191. The zero-order valence-electron chi connectivity index (χ0n) is 8.83. The van der Waals surface area contributed by atoms with Crippen LogP contribution in [0.3, 0.4) is 0 Å². The molecular formula is C11H13N3OS. The molecule has 2 aromatic heterocycles. The molecule has 5 heteroatoms. The van der Waals surface area contributed by atoms with Gasteiger partial charge in [0, 0.05) is 25.5 Å². The quantitative estimate of drug-likeness (QED) is 0.859. The zero-order chi connectivity index (χ0) is 11.0. The summed E-state index contributed by atoms with van der Waals surface area (Å²) in [6, 6.07) is 4.08. The van der Waals surface area contributed by atoms with Crippen molar-refractivity contribution >= 4 is 11.3 Å². The van der Waals surface area contributed by atoms with Gasteiger partial charge in [-0.25, -0.2) is 0 Å². The lowest BCUT2D eigenvalue weighted by Crippen LogP contribution is -2.23. The van der Waals surface area contributed by atoms with Crippen molar-refractivity contribution in [1.82, 2.24) is 14.8 Å². The molecule has 1 N–H and O–H groups in total. The minimum absolute atomic E-state index is 0.251. The van der Waals surface area contributed by atoms with E-state index in [2.05, 4.69) is 20.8 Å². The first-order chi connectivity index (χ1) is 7.88. The van der Waals surface area contributed by atoms with Gasteiger partial charge in [0.25, 0.3) is 0 Å². The Labute approximate surface area is 97.6 Å². The van der Waals surface area contributed by atoms with Gasteiger partial charge in [-0.15, -0.1) is 21.5 Å². The van der Waals surface area contributed by atoms with Gasteiger partial charge < -0.3 is 9.67 Å². The van der Waals surface area contributed by atoms with Crippen molar-refractivity contribution in [2.45, 2.75) is 19.4 Å². The summed E-state index contributed by atoms with van der Waals surface area (Å²) in [6.45, 7) is 1.09. The summed E-state index contributed by atoms with van der Waals surface area (Å²) in [5.74, 6) is 2.35. The number of hydrogen-bond donors (Lipinski definition) is 1. The first-order valence-electron chi connectivity index (χ1n) is 5.45. The first kappa shape index (κ1) is 9.99. The van der Waals surface area contributed by atoms with Crippen LogP contribution in [0.2, 0.25) is 0 Å². The van der Waals surface area contributed by atoms with Crippen LogP contribution in [0.5, 0.6) is 0 Å². The van der Waals surface area contributed by atoms with E-state index in [4.69, 9.17) is 0 Å². The van der Waals surface area contributed by atoms with Gasteiger partial charge in [0.1, 0.15) is 5.82 Å². The maximum atomic E-state index is 9.22. The predicted octanol–water partition coefficient (Wildman–Crippen LogP) is 1.56. The Morgan fingerprint density at radius 1 is 1.50 bits per heavy atom. The third-order valence-electron chi connectivity index (χ3n) is 3.04. The summed E-state index contributed by atoms with van der Waals surface area (Å²) in [6.07, 6.45) is 1.93. The van der Waals surface area contributed by atoms with Crippen LogP contribution in [0.25, 0.3) is 10.7 Å². The molecule has 3 heterocycles. The van der Waals surface area contributed by atoms with E-state index < -0.39 is 0 Å². The van der Waals surface area contributed by atoms with Crippen LogP contribution in [-0.4, -0.2) is 26.5 Å². The van der Waals surface area contributed by atoms with Gasteiger partial charge in [0.05, 0.1) is 4.88 Å². The number of hydrogen-bond acceptors (Lipinski definition) is 4. The van der Waals surface area contributed by atoms with Crippen molar-refractivity contribution < 1.29 is 5.11 Å². The highest BCUT2D eigenvalue weighted by atomic mass is 32.1. The lowest BCUT2D eigenvalue weighted by Gasteiger charge is -2.22. The van der Waals surface area contributed by atoms with Crippen molar-refractivity contribution in [3.05, 3.63) is 23.3 Å². The van der Waals surface area contributed by atoms with E-state index in [-0.39, 0.29) is 6.61 Å². The van der Waals surface area contributed by atoms with E-state index in [1.54, 1.807) is 11.3 Å². The number of aliphatic hydroxyl groups excluding tert-OH is 1. The topological polar surface area (TPSA) is 50.9 Å². The van der Waals surface area contributed by atoms with Crippen LogP contribution >= 0.6 is 11.3 Å². The fourth-order valence-corrected chi connectivity index (χ4v) is 2.85. The monoisotopic (exact) mass is 235 g/mol. The Kier molecular flexibility index (Phi) is 2.49. The normalized spacial score (nSPS) is 19.7.